The van der Waals surface area contributed by atoms with Gasteiger partial charge in [0.25, 0.3) is 0 Å². The zero-order chi connectivity index (χ0) is 16.4. The van der Waals surface area contributed by atoms with Crippen molar-refractivity contribution in [2.45, 2.75) is 6.92 Å². The van der Waals surface area contributed by atoms with Gasteiger partial charge in [0.05, 0.1) is 5.56 Å². The monoisotopic (exact) mass is 369 g/mol. The first-order chi connectivity index (χ1) is 11.1. The minimum absolute atomic E-state index is 0.0473. The van der Waals surface area contributed by atoms with E-state index in [1.807, 2.05) is 30.3 Å². The minimum Gasteiger partial charge on any atom is -0.478 e. The molecule has 1 aliphatic heterocycles. The Morgan fingerprint density at radius 2 is 2.17 bits per heavy atom. The fraction of sp³-hybridized carbons (Fsp3) is 0.111. The van der Waals surface area contributed by atoms with Crippen LogP contribution in [0.15, 0.2) is 46.6 Å². The van der Waals surface area contributed by atoms with E-state index in [0.717, 1.165) is 10.0 Å². The molecule has 5 heteroatoms. The number of allylic oxidation sites excluding steroid dienone is 1. The van der Waals surface area contributed by atoms with Crippen molar-refractivity contribution >= 4 is 27.8 Å². The summed E-state index contributed by atoms with van der Waals surface area (Å²) in [6, 6.07) is 12.9. The van der Waals surface area contributed by atoms with Crippen molar-refractivity contribution < 1.29 is 14.3 Å². The summed E-state index contributed by atoms with van der Waals surface area (Å²) in [5, 5.41) is 8.61. The second-order valence-corrected chi connectivity index (χ2v) is 5.92. The first kappa shape index (κ1) is 15.3. The summed E-state index contributed by atoms with van der Waals surface area (Å²) in [4.78, 5) is 12.5. The van der Waals surface area contributed by atoms with E-state index in [0.29, 0.717) is 22.6 Å². The van der Waals surface area contributed by atoms with Crippen molar-refractivity contribution in [2.24, 2.45) is 0 Å². The van der Waals surface area contributed by atoms with E-state index in [-0.39, 0.29) is 18.1 Å². The van der Waals surface area contributed by atoms with Crippen LogP contribution in [0.4, 0.5) is 0 Å². The third kappa shape index (κ3) is 2.99. The number of nitrogens with zero attached hydrogens (tertiary/aromatic N) is 1. The predicted molar refractivity (Wildman–Crippen MR) is 89.4 cm³/mol. The van der Waals surface area contributed by atoms with Gasteiger partial charge >= 0.3 is 0 Å². The molecule has 0 aliphatic carbocycles. The maximum absolute atomic E-state index is 12.5. The standard InChI is InChI=1S/C18H12BrNO3/c1-11-15(22-8-7-20)6-5-14-17(21)16(23-18(11)14)10-12-3-2-4-13(19)9-12/h2-6,9-10H,8H2,1H3/b16-10-. The molecule has 2 aromatic rings. The van der Waals surface area contributed by atoms with Crippen LogP contribution in [-0.2, 0) is 0 Å². The quantitative estimate of drug-likeness (QED) is 0.757. The number of carbonyl (C=O) groups excluding carboxylic acids is 1. The van der Waals surface area contributed by atoms with Gasteiger partial charge in [0.2, 0.25) is 5.78 Å². The third-order valence-corrected chi connectivity index (χ3v) is 3.97. The van der Waals surface area contributed by atoms with Crippen LogP contribution in [0.3, 0.4) is 0 Å². The number of benzene rings is 2. The van der Waals surface area contributed by atoms with Crippen molar-refractivity contribution in [3.8, 4) is 17.6 Å². The van der Waals surface area contributed by atoms with Gasteiger partial charge in [0.1, 0.15) is 17.6 Å². The highest BCUT2D eigenvalue weighted by molar-refractivity contribution is 9.10. The molecule has 23 heavy (non-hydrogen) atoms. The molecule has 0 radical (unpaired) electrons. The highest BCUT2D eigenvalue weighted by Crippen LogP contribution is 2.39. The van der Waals surface area contributed by atoms with E-state index in [2.05, 4.69) is 15.9 Å². The largest absolute Gasteiger partial charge is 0.478 e. The Bertz CT molecular complexity index is 865. The third-order valence-electron chi connectivity index (χ3n) is 3.48. The predicted octanol–water partition coefficient (Wildman–Crippen LogP) is 4.28. The van der Waals surface area contributed by atoms with Crippen LogP contribution >= 0.6 is 15.9 Å². The maximum Gasteiger partial charge on any atom is 0.231 e. The molecule has 0 saturated heterocycles. The highest BCUT2D eigenvalue weighted by atomic mass is 79.9. The number of fused-ring (bicyclic) bond motifs is 1. The van der Waals surface area contributed by atoms with Gasteiger partial charge in [-0.2, -0.15) is 5.26 Å². The SMILES string of the molecule is Cc1c(OCC#N)ccc2c1O/C(=C\c1cccc(Br)c1)C2=O. The molecule has 0 fully saturated rings. The van der Waals surface area contributed by atoms with Crippen molar-refractivity contribution in [3.63, 3.8) is 0 Å². The van der Waals surface area contributed by atoms with Gasteiger partial charge in [-0.05, 0) is 42.8 Å². The van der Waals surface area contributed by atoms with Crippen molar-refractivity contribution in [1.29, 1.82) is 5.26 Å². The number of rotatable bonds is 3. The molecular weight excluding hydrogens is 358 g/mol. The van der Waals surface area contributed by atoms with E-state index in [1.165, 1.54) is 0 Å². The van der Waals surface area contributed by atoms with Gasteiger partial charge < -0.3 is 9.47 Å². The summed E-state index contributed by atoms with van der Waals surface area (Å²) in [5.41, 5.74) is 2.09. The Morgan fingerprint density at radius 1 is 1.35 bits per heavy atom. The number of hydrogen-bond donors (Lipinski definition) is 0. The molecule has 0 aromatic heterocycles. The van der Waals surface area contributed by atoms with Crippen molar-refractivity contribution in [2.75, 3.05) is 6.61 Å². The van der Waals surface area contributed by atoms with Gasteiger partial charge in [0, 0.05) is 10.0 Å². The summed E-state index contributed by atoms with van der Waals surface area (Å²) in [5.74, 6) is 1.15. The molecule has 1 aliphatic rings. The molecule has 0 spiro atoms. The van der Waals surface area contributed by atoms with E-state index >= 15 is 0 Å². The zero-order valence-corrected chi connectivity index (χ0v) is 13.9. The van der Waals surface area contributed by atoms with E-state index in [4.69, 9.17) is 14.7 Å². The van der Waals surface area contributed by atoms with Gasteiger partial charge in [-0.1, -0.05) is 28.1 Å². The summed E-state index contributed by atoms with van der Waals surface area (Å²) in [6.07, 6.45) is 1.71. The molecule has 4 nitrogen and oxygen atoms in total. The molecule has 3 rings (SSSR count). The lowest BCUT2D eigenvalue weighted by Gasteiger charge is -2.08. The second-order valence-electron chi connectivity index (χ2n) is 5.01. The smallest absolute Gasteiger partial charge is 0.231 e. The number of hydrogen-bond acceptors (Lipinski definition) is 4. The minimum atomic E-state index is -0.157. The van der Waals surface area contributed by atoms with Crippen molar-refractivity contribution in [3.05, 3.63) is 63.3 Å². The number of Topliss-reactive ketones (excluding diaryl/α,β-unsaturated/α-hetero) is 1. The summed E-state index contributed by atoms with van der Waals surface area (Å²) in [6.45, 7) is 1.76. The summed E-state index contributed by atoms with van der Waals surface area (Å²) < 4.78 is 12.0. The fourth-order valence-electron chi connectivity index (χ4n) is 2.38. The molecule has 1 heterocycles. The second kappa shape index (κ2) is 6.27. The molecule has 0 unspecified atom stereocenters. The van der Waals surface area contributed by atoms with E-state index in [1.54, 1.807) is 25.1 Å². The van der Waals surface area contributed by atoms with E-state index < -0.39 is 0 Å². The fourth-order valence-corrected chi connectivity index (χ4v) is 2.80. The Hall–Kier alpha value is -2.58. The average molecular weight is 370 g/mol. The number of carbonyl (C=O) groups is 1. The molecule has 0 saturated carbocycles. The lowest BCUT2D eigenvalue weighted by Crippen LogP contribution is -1.98. The van der Waals surface area contributed by atoms with Crippen LogP contribution in [-0.4, -0.2) is 12.4 Å². The van der Waals surface area contributed by atoms with Crippen molar-refractivity contribution in [1.82, 2.24) is 0 Å². The molecule has 0 amide bonds. The van der Waals surface area contributed by atoms with Crippen LogP contribution in [0, 0.1) is 18.3 Å². The normalized spacial score (nSPS) is 14.3. The average Bonchev–Trinajstić information content (AvgIpc) is 2.84. The molecular formula is C18H12BrNO3. The van der Waals surface area contributed by atoms with Gasteiger partial charge in [-0.15, -0.1) is 0 Å². The van der Waals surface area contributed by atoms with Gasteiger partial charge in [-0.25, -0.2) is 0 Å². The molecule has 0 atom stereocenters. The molecule has 0 N–H and O–H groups in total. The Morgan fingerprint density at radius 3 is 2.91 bits per heavy atom. The zero-order valence-electron chi connectivity index (χ0n) is 12.3. The van der Waals surface area contributed by atoms with Crippen LogP contribution in [0.5, 0.6) is 11.5 Å². The van der Waals surface area contributed by atoms with Gasteiger partial charge in [-0.3, -0.25) is 4.79 Å². The number of ketones is 1. The van der Waals surface area contributed by atoms with Crippen LogP contribution < -0.4 is 9.47 Å². The molecule has 0 bridgehead atoms. The molecule has 114 valence electrons. The lowest BCUT2D eigenvalue weighted by molar-refractivity contribution is 0.101. The van der Waals surface area contributed by atoms with Gasteiger partial charge in [0.15, 0.2) is 12.4 Å². The molecule has 2 aromatic carbocycles. The summed E-state index contributed by atoms with van der Waals surface area (Å²) >= 11 is 3.40. The maximum atomic E-state index is 12.5. The lowest BCUT2D eigenvalue weighted by atomic mass is 10.1. The highest BCUT2D eigenvalue weighted by Gasteiger charge is 2.30. The number of halogens is 1. The van der Waals surface area contributed by atoms with E-state index in [9.17, 15) is 4.79 Å². The van der Waals surface area contributed by atoms with Crippen LogP contribution in [0.2, 0.25) is 0 Å². The first-order valence-corrected chi connectivity index (χ1v) is 7.72. The first-order valence-electron chi connectivity index (χ1n) is 6.93. The number of ether oxygens (including phenoxy) is 2. The Kier molecular flexibility index (Phi) is 4.18. The van der Waals surface area contributed by atoms with Crippen LogP contribution in [0.25, 0.3) is 6.08 Å². The van der Waals surface area contributed by atoms with Crippen LogP contribution in [0.1, 0.15) is 21.5 Å². The Balaban J connectivity index is 1.96. The number of nitriles is 1. The topological polar surface area (TPSA) is 59.3 Å². The Labute approximate surface area is 142 Å². The summed E-state index contributed by atoms with van der Waals surface area (Å²) in [7, 11) is 0.